The van der Waals surface area contributed by atoms with E-state index in [-0.39, 0.29) is 0 Å². The number of pyridine rings is 1. The molecule has 3 aromatic rings. The minimum Gasteiger partial charge on any atom is -0.335 e. The van der Waals surface area contributed by atoms with Crippen LogP contribution in [0, 0.1) is 0 Å². The van der Waals surface area contributed by atoms with Gasteiger partial charge in [-0.25, -0.2) is 9.97 Å². The molecule has 5 nitrogen and oxygen atoms in total. The van der Waals surface area contributed by atoms with Crippen molar-refractivity contribution in [1.29, 1.82) is 0 Å². The minimum absolute atomic E-state index is 0.698. The van der Waals surface area contributed by atoms with E-state index in [2.05, 4.69) is 36.0 Å². The van der Waals surface area contributed by atoms with Crippen molar-refractivity contribution in [2.24, 2.45) is 7.05 Å². The maximum atomic E-state index is 4.37. The van der Waals surface area contributed by atoms with E-state index in [1.807, 2.05) is 25.4 Å². The third-order valence-corrected chi connectivity index (χ3v) is 2.69. The van der Waals surface area contributed by atoms with E-state index in [0.717, 1.165) is 21.5 Å². The molecule has 0 aliphatic carbocycles. The second-order valence-electron chi connectivity index (χ2n) is 3.48. The highest BCUT2D eigenvalue weighted by Crippen LogP contribution is 2.19. The average molecular weight is 278 g/mol. The van der Waals surface area contributed by atoms with E-state index >= 15 is 0 Å². The minimum atomic E-state index is 0.698. The highest BCUT2D eigenvalue weighted by Gasteiger charge is 2.08. The van der Waals surface area contributed by atoms with Gasteiger partial charge in [0.15, 0.2) is 11.5 Å². The van der Waals surface area contributed by atoms with E-state index in [1.54, 1.807) is 10.9 Å². The molecule has 3 rings (SSSR count). The molecule has 1 N–H and O–H groups in total. The van der Waals surface area contributed by atoms with Gasteiger partial charge in [0.1, 0.15) is 5.69 Å². The standard InChI is InChI=1S/C10H8BrN5/c1-16-3-2-7(15-16)10-13-8-4-6(11)5-12-9(8)14-10/h2-5H,1H3,(H,12,13,14). The molecular weight excluding hydrogens is 270 g/mol. The first-order valence-corrected chi connectivity index (χ1v) is 5.53. The topological polar surface area (TPSA) is 59.4 Å². The van der Waals surface area contributed by atoms with Gasteiger partial charge in [-0.1, -0.05) is 0 Å². The van der Waals surface area contributed by atoms with Crippen LogP contribution in [-0.2, 0) is 7.05 Å². The number of fused-ring (bicyclic) bond motifs is 1. The molecule has 3 heterocycles. The number of aromatic amines is 1. The van der Waals surface area contributed by atoms with Crippen molar-refractivity contribution < 1.29 is 0 Å². The van der Waals surface area contributed by atoms with Crippen LogP contribution in [0.4, 0.5) is 0 Å². The normalized spacial score (nSPS) is 11.1. The Labute approximate surface area is 99.7 Å². The summed E-state index contributed by atoms with van der Waals surface area (Å²) < 4.78 is 2.67. The number of halogens is 1. The zero-order chi connectivity index (χ0) is 11.1. The summed E-state index contributed by atoms with van der Waals surface area (Å²) in [5.74, 6) is 0.737. The third kappa shape index (κ3) is 1.51. The number of aryl methyl sites for hydroxylation is 1. The summed E-state index contributed by atoms with van der Waals surface area (Å²) >= 11 is 3.37. The van der Waals surface area contributed by atoms with Crippen LogP contribution in [0.5, 0.6) is 0 Å². The molecule has 80 valence electrons. The van der Waals surface area contributed by atoms with E-state index in [0.29, 0.717) is 5.65 Å². The predicted molar refractivity (Wildman–Crippen MR) is 63.8 cm³/mol. The van der Waals surface area contributed by atoms with Gasteiger partial charge in [-0.15, -0.1) is 0 Å². The van der Waals surface area contributed by atoms with Crippen LogP contribution in [0.3, 0.4) is 0 Å². The summed E-state index contributed by atoms with van der Waals surface area (Å²) in [6, 6.07) is 3.86. The number of imidazole rings is 1. The molecule has 0 radical (unpaired) electrons. The Morgan fingerprint density at radius 1 is 1.44 bits per heavy atom. The van der Waals surface area contributed by atoms with Gasteiger partial charge in [-0.3, -0.25) is 4.68 Å². The zero-order valence-electron chi connectivity index (χ0n) is 8.48. The molecule has 0 fully saturated rings. The fourth-order valence-electron chi connectivity index (χ4n) is 1.54. The van der Waals surface area contributed by atoms with E-state index in [1.165, 1.54) is 0 Å². The van der Waals surface area contributed by atoms with Crippen molar-refractivity contribution in [1.82, 2.24) is 24.7 Å². The summed E-state index contributed by atoms with van der Waals surface area (Å²) in [6.45, 7) is 0. The maximum absolute atomic E-state index is 4.37. The van der Waals surface area contributed by atoms with Gasteiger partial charge in [0.2, 0.25) is 0 Å². The molecular formula is C10H8BrN5. The van der Waals surface area contributed by atoms with Gasteiger partial charge in [-0.2, -0.15) is 5.10 Å². The fraction of sp³-hybridized carbons (Fsp3) is 0.100. The summed E-state index contributed by atoms with van der Waals surface area (Å²) in [7, 11) is 1.88. The van der Waals surface area contributed by atoms with Crippen LogP contribution in [0.15, 0.2) is 29.0 Å². The number of nitrogens with one attached hydrogen (secondary N) is 1. The molecule has 0 saturated heterocycles. The monoisotopic (exact) mass is 277 g/mol. The van der Waals surface area contributed by atoms with Crippen molar-refractivity contribution in [3.63, 3.8) is 0 Å². The molecule has 0 amide bonds. The smallest absolute Gasteiger partial charge is 0.178 e. The lowest BCUT2D eigenvalue weighted by Crippen LogP contribution is -1.88. The van der Waals surface area contributed by atoms with Crippen molar-refractivity contribution in [3.8, 4) is 11.5 Å². The van der Waals surface area contributed by atoms with E-state index in [9.17, 15) is 0 Å². The van der Waals surface area contributed by atoms with Crippen molar-refractivity contribution in [3.05, 3.63) is 29.0 Å². The van der Waals surface area contributed by atoms with Crippen LogP contribution >= 0.6 is 15.9 Å². The lowest BCUT2D eigenvalue weighted by molar-refractivity contribution is 0.769. The second-order valence-corrected chi connectivity index (χ2v) is 4.40. The highest BCUT2D eigenvalue weighted by molar-refractivity contribution is 9.10. The van der Waals surface area contributed by atoms with Crippen LogP contribution in [0.25, 0.3) is 22.7 Å². The third-order valence-electron chi connectivity index (χ3n) is 2.26. The summed E-state index contributed by atoms with van der Waals surface area (Å²) in [4.78, 5) is 11.8. The summed E-state index contributed by atoms with van der Waals surface area (Å²) in [5.41, 5.74) is 2.41. The highest BCUT2D eigenvalue weighted by atomic mass is 79.9. The Morgan fingerprint density at radius 2 is 2.31 bits per heavy atom. The van der Waals surface area contributed by atoms with Crippen LogP contribution < -0.4 is 0 Å². The Kier molecular flexibility index (Phi) is 2.03. The Bertz CT molecular complexity index is 654. The predicted octanol–water partition coefficient (Wildman–Crippen LogP) is 2.12. The quantitative estimate of drug-likeness (QED) is 0.741. The molecule has 0 spiro atoms. The fourth-order valence-corrected chi connectivity index (χ4v) is 1.87. The van der Waals surface area contributed by atoms with Crippen molar-refractivity contribution in [2.45, 2.75) is 0 Å². The molecule has 0 atom stereocenters. The van der Waals surface area contributed by atoms with Crippen LogP contribution in [-0.4, -0.2) is 24.7 Å². The number of nitrogens with zero attached hydrogens (tertiary/aromatic N) is 4. The molecule has 16 heavy (non-hydrogen) atoms. The van der Waals surface area contributed by atoms with Crippen LogP contribution in [0.1, 0.15) is 0 Å². The first-order chi connectivity index (χ1) is 7.72. The molecule has 3 aromatic heterocycles. The zero-order valence-corrected chi connectivity index (χ0v) is 10.1. The second kappa shape index (κ2) is 3.41. The molecule has 0 aromatic carbocycles. The van der Waals surface area contributed by atoms with Gasteiger partial charge < -0.3 is 4.98 Å². The molecule has 0 bridgehead atoms. The van der Waals surface area contributed by atoms with Gasteiger partial charge in [0.25, 0.3) is 0 Å². The van der Waals surface area contributed by atoms with Gasteiger partial charge in [-0.05, 0) is 28.1 Å². The summed E-state index contributed by atoms with van der Waals surface area (Å²) in [5, 5.41) is 4.28. The number of aromatic nitrogens is 5. The number of H-pyrrole nitrogens is 1. The summed E-state index contributed by atoms with van der Waals surface area (Å²) in [6.07, 6.45) is 3.61. The van der Waals surface area contributed by atoms with E-state index < -0.39 is 0 Å². The number of hydrogen-bond acceptors (Lipinski definition) is 3. The molecule has 0 saturated carbocycles. The molecule has 0 aliphatic heterocycles. The molecule has 0 unspecified atom stereocenters. The van der Waals surface area contributed by atoms with Crippen molar-refractivity contribution in [2.75, 3.05) is 0 Å². The first kappa shape index (κ1) is 9.53. The Hall–Kier alpha value is -1.69. The molecule has 6 heteroatoms. The Balaban J connectivity index is 2.18. The van der Waals surface area contributed by atoms with Gasteiger partial charge in [0, 0.05) is 23.9 Å². The maximum Gasteiger partial charge on any atom is 0.178 e. The lowest BCUT2D eigenvalue weighted by atomic mass is 10.4. The van der Waals surface area contributed by atoms with Gasteiger partial charge in [0.05, 0.1) is 5.52 Å². The average Bonchev–Trinajstić information content (AvgIpc) is 2.83. The van der Waals surface area contributed by atoms with Gasteiger partial charge >= 0.3 is 0 Å². The Morgan fingerprint density at radius 3 is 3.06 bits per heavy atom. The largest absolute Gasteiger partial charge is 0.335 e. The van der Waals surface area contributed by atoms with Crippen molar-refractivity contribution >= 4 is 27.1 Å². The first-order valence-electron chi connectivity index (χ1n) is 4.74. The van der Waals surface area contributed by atoms with Crippen LogP contribution in [0.2, 0.25) is 0 Å². The molecule has 0 aliphatic rings. The number of rotatable bonds is 1. The number of hydrogen-bond donors (Lipinski definition) is 1. The SMILES string of the molecule is Cn1ccc(-c2nc3ncc(Br)cc3[nH]2)n1. The van der Waals surface area contributed by atoms with E-state index in [4.69, 9.17) is 0 Å². The lowest BCUT2D eigenvalue weighted by Gasteiger charge is -1.87.